The molecule has 0 saturated carbocycles. The molecule has 0 bridgehead atoms. The number of hydrogen-bond acceptors (Lipinski definition) is 8. The fourth-order valence-electron chi connectivity index (χ4n) is 5.10. The average molecular weight is 541 g/mol. The molecule has 40 heavy (non-hydrogen) atoms. The molecular formula is C30H36N8O2. The van der Waals surface area contributed by atoms with Crippen LogP contribution in [0.2, 0.25) is 0 Å². The Morgan fingerprint density at radius 2 is 1.80 bits per heavy atom. The second kappa shape index (κ2) is 13.2. The van der Waals surface area contributed by atoms with Crippen LogP contribution >= 0.6 is 0 Å². The summed E-state index contributed by atoms with van der Waals surface area (Å²) in [6, 6.07) is 18.3. The van der Waals surface area contributed by atoms with E-state index in [4.69, 9.17) is 4.74 Å². The zero-order chi connectivity index (χ0) is 27.7. The standard InChI is InChI=1S/C30H36N8O2/c1-3-36(4-2)27-14-10-23(11-15-27)20-25-12-13-26(29(25)37-16-18-40-19-17-37)21-31-32-28(39)22-38-34-30(33-35-38)24-8-6-5-7-9-24/h5-11,14-15,20-21H,3-4,12-13,16-19,22H2,1-2H3,(H,32,39)/b25-20-,31-21+. The Hall–Kier alpha value is -4.31. The summed E-state index contributed by atoms with van der Waals surface area (Å²) >= 11 is 0. The molecule has 1 aromatic heterocycles. The molecule has 1 aliphatic carbocycles. The molecule has 10 heteroatoms. The first kappa shape index (κ1) is 27.3. The second-order valence-corrected chi connectivity index (χ2v) is 9.71. The minimum Gasteiger partial charge on any atom is -0.378 e. The van der Waals surface area contributed by atoms with Crippen molar-refractivity contribution in [1.29, 1.82) is 0 Å². The van der Waals surface area contributed by atoms with Gasteiger partial charge in [-0.3, -0.25) is 4.79 Å². The number of carbonyl (C=O) groups excluding carboxylic acids is 1. The summed E-state index contributed by atoms with van der Waals surface area (Å²) in [5.41, 5.74) is 9.48. The van der Waals surface area contributed by atoms with E-state index in [9.17, 15) is 4.79 Å². The first-order chi connectivity index (χ1) is 19.6. The second-order valence-electron chi connectivity index (χ2n) is 9.71. The van der Waals surface area contributed by atoms with E-state index < -0.39 is 0 Å². The highest BCUT2D eigenvalue weighted by molar-refractivity contribution is 5.85. The van der Waals surface area contributed by atoms with Crippen LogP contribution in [0.15, 0.2) is 76.5 Å². The highest BCUT2D eigenvalue weighted by Crippen LogP contribution is 2.35. The normalized spacial score (nSPS) is 16.8. The van der Waals surface area contributed by atoms with E-state index in [1.54, 1.807) is 6.21 Å². The number of morpholine rings is 1. The van der Waals surface area contributed by atoms with Crippen molar-refractivity contribution in [1.82, 2.24) is 30.5 Å². The van der Waals surface area contributed by atoms with Crippen molar-refractivity contribution in [2.75, 3.05) is 44.3 Å². The molecule has 1 aliphatic heterocycles. The molecule has 0 atom stereocenters. The fraction of sp³-hybridized carbons (Fsp3) is 0.367. The largest absolute Gasteiger partial charge is 0.378 e. The Morgan fingerprint density at radius 3 is 2.52 bits per heavy atom. The monoisotopic (exact) mass is 540 g/mol. The number of tetrazole rings is 1. The van der Waals surface area contributed by atoms with E-state index in [1.807, 2.05) is 30.3 Å². The van der Waals surface area contributed by atoms with Gasteiger partial charge in [-0.05, 0) is 66.8 Å². The Labute approximate surface area is 235 Å². The Bertz CT molecular complexity index is 1370. The summed E-state index contributed by atoms with van der Waals surface area (Å²) in [7, 11) is 0. The Morgan fingerprint density at radius 1 is 1.05 bits per heavy atom. The highest BCUT2D eigenvalue weighted by Gasteiger charge is 2.25. The summed E-state index contributed by atoms with van der Waals surface area (Å²) in [5, 5.41) is 16.6. The first-order valence-electron chi connectivity index (χ1n) is 13.9. The van der Waals surface area contributed by atoms with Crippen LogP contribution in [0.3, 0.4) is 0 Å². The van der Waals surface area contributed by atoms with Crippen LogP contribution in [0.1, 0.15) is 32.3 Å². The minimum atomic E-state index is -0.316. The quantitative estimate of drug-likeness (QED) is 0.309. The summed E-state index contributed by atoms with van der Waals surface area (Å²) in [6.45, 7) is 9.33. The van der Waals surface area contributed by atoms with E-state index in [-0.39, 0.29) is 12.5 Å². The molecule has 1 saturated heterocycles. The number of carbonyl (C=O) groups is 1. The number of allylic oxidation sites excluding steroid dienone is 2. The van der Waals surface area contributed by atoms with Gasteiger partial charge in [0.2, 0.25) is 5.82 Å². The van der Waals surface area contributed by atoms with Crippen LogP contribution < -0.4 is 10.3 Å². The third-order valence-corrected chi connectivity index (χ3v) is 7.14. The summed E-state index contributed by atoms with van der Waals surface area (Å²) in [5.74, 6) is 0.161. The maximum Gasteiger partial charge on any atom is 0.263 e. The third kappa shape index (κ3) is 6.63. The zero-order valence-electron chi connectivity index (χ0n) is 23.2. The van der Waals surface area contributed by atoms with Crippen molar-refractivity contribution in [2.24, 2.45) is 5.10 Å². The van der Waals surface area contributed by atoms with Gasteiger partial charge in [-0.25, -0.2) is 5.43 Å². The SMILES string of the molecule is CCN(CC)c1ccc(/C=C2/CCC(/C=N/NC(=O)Cn3nnc(-c4ccccc4)n3)=C2N2CCOCC2)cc1. The van der Waals surface area contributed by atoms with Gasteiger partial charge >= 0.3 is 0 Å². The molecule has 2 aromatic carbocycles. The van der Waals surface area contributed by atoms with E-state index in [2.05, 4.69) is 79.9 Å². The highest BCUT2D eigenvalue weighted by atomic mass is 16.5. The molecule has 1 N–H and O–H groups in total. The number of amides is 1. The van der Waals surface area contributed by atoms with Gasteiger partial charge in [-0.2, -0.15) is 9.90 Å². The van der Waals surface area contributed by atoms with Crippen LogP contribution in [0.5, 0.6) is 0 Å². The van der Waals surface area contributed by atoms with Gasteiger partial charge in [0.1, 0.15) is 6.54 Å². The topological polar surface area (TPSA) is 101 Å². The average Bonchev–Trinajstić information content (AvgIpc) is 3.62. The number of hydrazone groups is 1. The predicted molar refractivity (Wildman–Crippen MR) is 157 cm³/mol. The molecule has 10 nitrogen and oxygen atoms in total. The maximum absolute atomic E-state index is 12.5. The van der Waals surface area contributed by atoms with Gasteiger partial charge in [-0.1, -0.05) is 42.5 Å². The number of ether oxygens (including phenoxy) is 1. The van der Waals surface area contributed by atoms with Crippen LogP contribution in [0.4, 0.5) is 5.69 Å². The third-order valence-electron chi connectivity index (χ3n) is 7.14. The summed E-state index contributed by atoms with van der Waals surface area (Å²) < 4.78 is 5.61. The van der Waals surface area contributed by atoms with Crippen LogP contribution in [0.25, 0.3) is 17.5 Å². The van der Waals surface area contributed by atoms with E-state index in [0.29, 0.717) is 19.0 Å². The van der Waals surface area contributed by atoms with Crippen molar-refractivity contribution in [3.8, 4) is 11.4 Å². The molecule has 0 radical (unpaired) electrons. The molecule has 3 aromatic rings. The van der Waals surface area contributed by atoms with E-state index in [1.165, 1.54) is 27.3 Å². The van der Waals surface area contributed by atoms with Crippen LogP contribution in [-0.2, 0) is 16.1 Å². The number of anilines is 1. The van der Waals surface area contributed by atoms with Gasteiger partial charge in [-0.15, -0.1) is 10.2 Å². The number of benzene rings is 2. The number of aromatic nitrogens is 4. The lowest BCUT2D eigenvalue weighted by atomic mass is 10.1. The Kier molecular flexibility index (Phi) is 8.97. The molecule has 1 fully saturated rings. The molecule has 2 aliphatic rings. The summed E-state index contributed by atoms with van der Waals surface area (Å²) in [4.78, 5) is 18.5. The van der Waals surface area contributed by atoms with Crippen LogP contribution in [-0.4, -0.2) is 76.6 Å². The first-order valence-corrected chi connectivity index (χ1v) is 13.9. The lowest BCUT2D eigenvalue weighted by Crippen LogP contribution is -2.36. The van der Waals surface area contributed by atoms with Crippen molar-refractivity contribution in [3.05, 3.63) is 77.0 Å². The van der Waals surface area contributed by atoms with Gasteiger partial charge in [0, 0.05) is 43.1 Å². The number of hydrogen-bond donors (Lipinski definition) is 1. The molecule has 0 spiro atoms. The Balaban J connectivity index is 1.28. The minimum absolute atomic E-state index is 0.0683. The zero-order valence-corrected chi connectivity index (χ0v) is 23.2. The molecule has 0 unspecified atom stereocenters. The predicted octanol–water partition coefficient (Wildman–Crippen LogP) is 3.75. The van der Waals surface area contributed by atoms with Crippen molar-refractivity contribution < 1.29 is 9.53 Å². The lowest BCUT2D eigenvalue weighted by Gasteiger charge is -2.31. The molecule has 208 valence electrons. The van der Waals surface area contributed by atoms with Crippen LogP contribution in [0, 0.1) is 0 Å². The molecule has 2 heterocycles. The number of rotatable bonds is 10. The van der Waals surface area contributed by atoms with Crippen molar-refractivity contribution in [3.63, 3.8) is 0 Å². The van der Waals surface area contributed by atoms with Crippen molar-refractivity contribution in [2.45, 2.75) is 33.2 Å². The van der Waals surface area contributed by atoms with E-state index in [0.717, 1.165) is 50.2 Å². The van der Waals surface area contributed by atoms with E-state index >= 15 is 0 Å². The van der Waals surface area contributed by atoms with Gasteiger partial charge in [0.05, 0.1) is 19.4 Å². The molecule has 5 rings (SSSR count). The smallest absolute Gasteiger partial charge is 0.263 e. The summed E-state index contributed by atoms with van der Waals surface area (Å²) in [6.07, 6.45) is 5.83. The lowest BCUT2D eigenvalue weighted by molar-refractivity contribution is -0.122. The van der Waals surface area contributed by atoms with Gasteiger partial charge in [0.15, 0.2) is 0 Å². The molecule has 1 amide bonds. The fourth-order valence-corrected chi connectivity index (χ4v) is 5.10. The van der Waals surface area contributed by atoms with Crippen molar-refractivity contribution >= 4 is 23.9 Å². The number of nitrogens with zero attached hydrogens (tertiary/aromatic N) is 7. The maximum atomic E-state index is 12.5. The number of nitrogens with one attached hydrogen (secondary N) is 1. The van der Waals surface area contributed by atoms with Gasteiger partial charge < -0.3 is 14.5 Å². The molecular weight excluding hydrogens is 504 g/mol. The van der Waals surface area contributed by atoms with Gasteiger partial charge in [0.25, 0.3) is 5.91 Å².